The first kappa shape index (κ1) is 11.5. The molecule has 82 valence electrons. The van der Waals surface area contributed by atoms with E-state index in [1.54, 1.807) is 6.92 Å². The van der Waals surface area contributed by atoms with Crippen LogP contribution in [0.3, 0.4) is 0 Å². The highest BCUT2D eigenvalue weighted by Crippen LogP contribution is 2.16. The molecule has 0 aliphatic rings. The van der Waals surface area contributed by atoms with Gasteiger partial charge in [0, 0.05) is 18.0 Å². The van der Waals surface area contributed by atoms with E-state index in [-0.39, 0.29) is 6.42 Å². The summed E-state index contributed by atoms with van der Waals surface area (Å²) in [4.78, 5) is 18.2. The molecule has 6 nitrogen and oxygen atoms in total. The number of amides is 1. The first-order chi connectivity index (χ1) is 7.00. The number of aryl methyl sites for hydroxylation is 1. The zero-order chi connectivity index (χ0) is 11.4. The number of hydrogen-bond donors (Lipinski definition) is 3. The number of nitrogens with two attached hydrogens (primary N) is 1. The van der Waals surface area contributed by atoms with Crippen LogP contribution in [0.1, 0.15) is 23.9 Å². The molecule has 0 aromatic carbocycles. The van der Waals surface area contributed by atoms with Crippen LogP contribution in [0.25, 0.3) is 0 Å². The Labute approximate surface area is 86.8 Å². The number of aliphatic hydroxyl groups is 2. The average Bonchev–Trinajstić information content (AvgIpc) is 2.17. The van der Waals surface area contributed by atoms with Gasteiger partial charge < -0.3 is 15.9 Å². The molecule has 2 atom stereocenters. The van der Waals surface area contributed by atoms with Crippen LogP contribution in [0.5, 0.6) is 0 Å². The summed E-state index contributed by atoms with van der Waals surface area (Å²) in [7, 11) is 0. The molecule has 4 N–H and O–H groups in total. The largest absolute Gasteiger partial charge is 0.390 e. The van der Waals surface area contributed by atoms with Gasteiger partial charge in [-0.2, -0.15) is 0 Å². The first-order valence-electron chi connectivity index (χ1n) is 4.43. The van der Waals surface area contributed by atoms with Gasteiger partial charge in [-0.1, -0.05) is 0 Å². The minimum absolute atomic E-state index is 0.297. The van der Waals surface area contributed by atoms with Gasteiger partial charge in [-0.15, -0.1) is 0 Å². The van der Waals surface area contributed by atoms with E-state index in [1.165, 1.54) is 12.4 Å². The zero-order valence-electron chi connectivity index (χ0n) is 8.29. The van der Waals surface area contributed by atoms with Crippen molar-refractivity contribution in [2.24, 2.45) is 5.73 Å². The van der Waals surface area contributed by atoms with Gasteiger partial charge in [0.05, 0.1) is 12.5 Å². The van der Waals surface area contributed by atoms with E-state index in [9.17, 15) is 15.0 Å². The molecule has 0 radical (unpaired) electrons. The number of rotatable bonds is 4. The Morgan fingerprint density at radius 3 is 2.47 bits per heavy atom. The van der Waals surface area contributed by atoms with Gasteiger partial charge in [-0.3, -0.25) is 4.79 Å². The zero-order valence-corrected chi connectivity index (χ0v) is 8.29. The van der Waals surface area contributed by atoms with Crippen LogP contribution >= 0.6 is 0 Å². The molecular formula is C9H13N3O3. The molecule has 1 heterocycles. The Bertz CT molecular complexity index is 339. The summed E-state index contributed by atoms with van der Waals surface area (Å²) >= 11 is 0. The van der Waals surface area contributed by atoms with Crippen molar-refractivity contribution in [3.8, 4) is 0 Å². The molecule has 1 aromatic heterocycles. The lowest BCUT2D eigenvalue weighted by Gasteiger charge is -2.15. The second-order valence-electron chi connectivity index (χ2n) is 3.25. The molecule has 1 amide bonds. The van der Waals surface area contributed by atoms with Gasteiger partial charge in [-0.25, -0.2) is 9.97 Å². The number of carbonyl (C=O) groups is 1. The van der Waals surface area contributed by atoms with Gasteiger partial charge in [-0.05, 0) is 6.92 Å². The second-order valence-corrected chi connectivity index (χ2v) is 3.25. The summed E-state index contributed by atoms with van der Waals surface area (Å²) in [6, 6.07) is 0. The number of nitrogens with zero attached hydrogens (tertiary/aromatic N) is 2. The summed E-state index contributed by atoms with van der Waals surface area (Å²) in [5.74, 6) is -0.107. The number of aliphatic hydroxyl groups excluding tert-OH is 2. The van der Waals surface area contributed by atoms with E-state index in [4.69, 9.17) is 5.73 Å². The topological polar surface area (TPSA) is 109 Å². The van der Waals surface area contributed by atoms with Crippen molar-refractivity contribution in [2.75, 3.05) is 0 Å². The maximum Gasteiger partial charge on any atom is 0.220 e. The summed E-state index contributed by atoms with van der Waals surface area (Å²) in [5, 5.41) is 19.0. The Balaban J connectivity index is 2.71. The van der Waals surface area contributed by atoms with E-state index in [1.807, 2.05) is 0 Å². The van der Waals surface area contributed by atoms with Crippen molar-refractivity contribution < 1.29 is 15.0 Å². The summed E-state index contributed by atoms with van der Waals surface area (Å²) in [6.45, 7) is 1.70. The van der Waals surface area contributed by atoms with Gasteiger partial charge in [0.1, 0.15) is 11.9 Å². The smallest absolute Gasteiger partial charge is 0.220 e. The van der Waals surface area contributed by atoms with Crippen LogP contribution in [0.2, 0.25) is 0 Å². The lowest BCUT2D eigenvalue weighted by molar-refractivity contribution is -0.121. The van der Waals surface area contributed by atoms with Crippen molar-refractivity contribution in [1.82, 2.24) is 9.97 Å². The maximum absolute atomic E-state index is 10.5. The molecule has 0 fully saturated rings. The fraction of sp³-hybridized carbons (Fsp3) is 0.444. The molecule has 0 spiro atoms. The highest BCUT2D eigenvalue weighted by molar-refractivity contribution is 5.74. The highest BCUT2D eigenvalue weighted by Gasteiger charge is 2.20. The molecule has 2 unspecified atom stereocenters. The molecule has 1 aromatic rings. The number of hydrogen-bond acceptors (Lipinski definition) is 5. The van der Waals surface area contributed by atoms with E-state index >= 15 is 0 Å². The summed E-state index contributed by atoms with van der Waals surface area (Å²) in [6.07, 6.45) is 0.0793. The van der Waals surface area contributed by atoms with Crippen LogP contribution in [0, 0.1) is 6.92 Å². The molecule has 0 saturated carbocycles. The number of aromatic nitrogens is 2. The molecule has 6 heteroatoms. The highest BCUT2D eigenvalue weighted by atomic mass is 16.3. The lowest BCUT2D eigenvalue weighted by Crippen LogP contribution is -2.25. The van der Waals surface area contributed by atoms with Crippen molar-refractivity contribution in [1.29, 1.82) is 0 Å². The van der Waals surface area contributed by atoms with E-state index in [0.29, 0.717) is 11.4 Å². The minimum atomic E-state index is -1.23. The van der Waals surface area contributed by atoms with Crippen molar-refractivity contribution in [2.45, 2.75) is 25.6 Å². The standard InChI is InChI=1S/C9H13N3O3/c1-5-11-3-6(4-12-5)9(15)7(13)2-8(10)14/h3-4,7,9,13,15H,2H2,1H3,(H2,10,14). The third kappa shape index (κ3) is 3.26. The van der Waals surface area contributed by atoms with Crippen molar-refractivity contribution in [3.05, 3.63) is 23.8 Å². The molecule has 0 bridgehead atoms. The van der Waals surface area contributed by atoms with Gasteiger partial charge in [0.2, 0.25) is 5.91 Å². The van der Waals surface area contributed by atoms with Gasteiger partial charge >= 0.3 is 0 Å². The first-order valence-corrected chi connectivity index (χ1v) is 4.43. The van der Waals surface area contributed by atoms with Crippen molar-refractivity contribution >= 4 is 5.91 Å². The molecule has 1 rings (SSSR count). The normalized spacial score (nSPS) is 14.6. The van der Waals surface area contributed by atoms with Crippen LogP contribution in [0.4, 0.5) is 0 Å². The Morgan fingerprint density at radius 2 is 2.00 bits per heavy atom. The molecule has 15 heavy (non-hydrogen) atoms. The van der Waals surface area contributed by atoms with Gasteiger partial charge in [0.25, 0.3) is 0 Å². The van der Waals surface area contributed by atoms with E-state index < -0.39 is 18.1 Å². The Morgan fingerprint density at radius 1 is 1.47 bits per heavy atom. The molecule has 0 saturated heterocycles. The Hall–Kier alpha value is -1.53. The second kappa shape index (κ2) is 4.81. The fourth-order valence-corrected chi connectivity index (χ4v) is 1.10. The predicted molar refractivity (Wildman–Crippen MR) is 51.5 cm³/mol. The Kier molecular flexibility index (Phi) is 3.70. The SMILES string of the molecule is Cc1ncc(C(O)C(O)CC(N)=O)cn1. The number of primary amides is 1. The molecule has 0 aliphatic heterocycles. The van der Waals surface area contributed by atoms with Crippen molar-refractivity contribution in [3.63, 3.8) is 0 Å². The number of carbonyl (C=O) groups excluding carboxylic acids is 1. The monoisotopic (exact) mass is 211 g/mol. The maximum atomic E-state index is 10.5. The van der Waals surface area contributed by atoms with Gasteiger partial charge in [0.15, 0.2) is 0 Å². The summed E-state index contributed by atoms with van der Waals surface area (Å²) < 4.78 is 0. The molecular weight excluding hydrogens is 198 g/mol. The van der Waals surface area contributed by atoms with E-state index in [2.05, 4.69) is 9.97 Å². The quantitative estimate of drug-likeness (QED) is 0.595. The average molecular weight is 211 g/mol. The summed E-state index contributed by atoms with van der Waals surface area (Å²) in [5.41, 5.74) is 5.25. The lowest BCUT2D eigenvalue weighted by atomic mass is 10.1. The van der Waals surface area contributed by atoms with Crippen LogP contribution < -0.4 is 5.73 Å². The van der Waals surface area contributed by atoms with Crippen LogP contribution in [-0.4, -0.2) is 32.2 Å². The third-order valence-electron chi connectivity index (χ3n) is 1.92. The predicted octanol–water partition coefficient (Wildman–Crippen LogP) is -0.945. The third-order valence-corrected chi connectivity index (χ3v) is 1.92. The molecule has 0 aliphatic carbocycles. The van der Waals surface area contributed by atoms with Crippen LogP contribution in [-0.2, 0) is 4.79 Å². The van der Waals surface area contributed by atoms with E-state index in [0.717, 1.165) is 0 Å². The van der Waals surface area contributed by atoms with Crippen LogP contribution in [0.15, 0.2) is 12.4 Å². The fourth-order valence-electron chi connectivity index (χ4n) is 1.10. The minimum Gasteiger partial charge on any atom is -0.390 e.